The van der Waals surface area contributed by atoms with Crippen molar-refractivity contribution in [1.29, 1.82) is 0 Å². The highest BCUT2D eigenvalue weighted by Gasteiger charge is 2.46. The van der Waals surface area contributed by atoms with E-state index in [-0.39, 0.29) is 17.7 Å². The maximum absolute atomic E-state index is 12.8. The molecule has 28 heavy (non-hydrogen) atoms. The molecule has 2 aromatic carbocycles. The molecule has 6 heteroatoms. The van der Waals surface area contributed by atoms with Crippen LogP contribution in [0.4, 0.5) is 0 Å². The lowest BCUT2D eigenvalue weighted by Gasteiger charge is -2.34. The predicted octanol–water partition coefficient (Wildman–Crippen LogP) is 3.38. The standard InChI is InChI=1S/C22H21N3O2S/c26-21(17-14-16(17)15-6-2-1-3-7-15)24-10-12-25(13-11-24)22(27)20-23-18-8-4-5-9-19(18)28-20/h1-9,16-17H,10-14H2/t16-,17-/m0/s1. The van der Waals surface area contributed by atoms with E-state index >= 15 is 0 Å². The van der Waals surface area contributed by atoms with Gasteiger partial charge in [0.2, 0.25) is 5.91 Å². The number of hydrogen-bond acceptors (Lipinski definition) is 4. The van der Waals surface area contributed by atoms with Crippen molar-refractivity contribution in [2.24, 2.45) is 5.92 Å². The second kappa shape index (κ2) is 7.02. The first kappa shape index (κ1) is 17.4. The Labute approximate surface area is 167 Å². The van der Waals surface area contributed by atoms with Gasteiger partial charge in [0.15, 0.2) is 5.01 Å². The van der Waals surface area contributed by atoms with Gasteiger partial charge in [-0.05, 0) is 30.0 Å². The molecule has 2 heterocycles. The molecule has 1 saturated carbocycles. The third-order valence-corrected chi connectivity index (χ3v) is 6.72. The number of thiazole rings is 1. The maximum atomic E-state index is 12.8. The van der Waals surface area contributed by atoms with Crippen molar-refractivity contribution in [1.82, 2.24) is 14.8 Å². The summed E-state index contributed by atoms with van der Waals surface area (Å²) in [6.07, 6.45) is 0.938. The van der Waals surface area contributed by atoms with Crippen LogP contribution in [0, 0.1) is 5.92 Å². The van der Waals surface area contributed by atoms with Gasteiger partial charge in [0.1, 0.15) is 0 Å². The van der Waals surface area contributed by atoms with Crippen molar-refractivity contribution >= 4 is 33.4 Å². The highest BCUT2D eigenvalue weighted by Crippen LogP contribution is 2.48. The molecule has 0 spiro atoms. The summed E-state index contributed by atoms with van der Waals surface area (Å²) in [5, 5.41) is 0.535. The van der Waals surface area contributed by atoms with E-state index in [0.29, 0.717) is 37.1 Å². The zero-order valence-corrected chi connectivity index (χ0v) is 16.3. The Hall–Kier alpha value is -2.73. The predicted molar refractivity (Wildman–Crippen MR) is 109 cm³/mol. The topological polar surface area (TPSA) is 53.5 Å². The van der Waals surface area contributed by atoms with Gasteiger partial charge in [0.25, 0.3) is 5.91 Å². The van der Waals surface area contributed by atoms with Gasteiger partial charge in [-0.15, -0.1) is 11.3 Å². The average molecular weight is 391 g/mol. The molecule has 2 amide bonds. The monoisotopic (exact) mass is 391 g/mol. The Morgan fingerprint density at radius 3 is 2.32 bits per heavy atom. The molecule has 5 nitrogen and oxygen atoms in total. The molecule has 2 aliphatic rings. The molecule has 0 N–H and O–H groups in total. The fraction of sp³-hybridized carbons (Fsp3) is 0.318. The number of fused-ring (bicyclic) bond motifs is 1. The summed E-state index contributed by atoms with van der Waals surface area (Å²) in [6, 6.07) is 18.1. The van der Waals surface area contributed by atoms with E-state index in [1.54, 1.807) is 0 Å². The van der Waals surface area contributed by atoms with Crippen LogP contribution in [0.2, 0.25) is 0 Å². The van der Waals surface area contributed by atoms with Crippen molar-refractivity contribution < 1.29 is 9.59 Å². The van der Waals surface area contributed by atoms with Crippen molar-refractivity contribution in [3.05, 3.63) is 65.2 Å². The Balaban J connectivity index is 1.19. The van der Waals surface area contributed by atoms with Gasteiger partial charge >= 0.3 is 0 Å². The van der Waals surface area contributed by atoms with Crippen LogP contribution in [0.5, 0.6) is 0 Å². The van der Waals surface area contributed by atoms with Crippen LogP contribution >= 0.6 is 11.3 Å². The highest BCUT2D eigenvalue weighted by atomic mass is 32.1. The number of hydrogen-bond donors (Lipinski definition) is 0. The molecule has 1 aliphatic heterocycles. The van der Waals surface area contributed by atoms with E-state index < -0.39 is 0 Å². The minimum atomic E-state index is -0.0260. The summed E-state index contributed by atoms with van der Waals surface area (Å²) in [5.74, 6) is 0.674. The molecule has 2 atom stereocenters. The largest absolute Gasteiger partial charge is 0.339 e. The zero-order chi connectivity index (χ0) is 19.1. The molecule has 1 aromatic heterocycles. The van der Waals surface area contributed by atoms with Crippen LogP contribution in [0.1, 0.15) is 27.7 Å². The van der Waals surface area contributed by atoms with Crippen LogP contribution in [0.3, 0.4) is 0 Å². The first-order valence-corrected chi connectivity index (χ1v) is 10.5. The molecule has 0 bridgehead atoms. The minimum Gasteiger partial charge on any atom is -0.339 e. The minimum absolute atomic E-state index is 0.0260. The van der Waals surface area contributed by atoms with Gasteiger partial charge in [-0.2, -0.15) is 0 Å². The van der Waals surface area contributed by atoms with Crippen LogP contribution in [-0.2, 0) is 4.79 Å². The summed E-state index contributed by atoms with van der Waals surface area (Å²) < 4.78 is 1.03. The lowest BCUT2D eigenvalue weighted by atomic mass is 10.1. The second-order valence-corrected chi connectivity index (χ2v) is 8.49. The lowest BCUT2D eigenvalue weighted by molar-refractivity contribution is -0.134. The first-order valence-electron chi connectivity index (χ1n) is 9.69. The van der Waals surface area contributed by atoms with E-state index in [1.807, 2.05) is 52.3 Å². The lowest BCUT2D eigenvalue weighted by Crippen LogP contribution is -2.51. The quantitative estimate of drug-likeness (QED) is 0.688. The van der Waals surface area contributed by atoms with Gasteiger partial charge in [-0.3, -0.25) is 9.59 Å². The van der Waals surface area contributed by atoms with E-state index in [1.165, 1.54) is 16.9 Å². The van der Waals surface area contributed by atoms with E-state index in [0.717, 1.165) is 16.6 Å². The number of carbonyl (C=O) groups is 2. The van der Waals surface area contributed by atoms with Gasteiger partial charge in [0.05, 0.1) is 10.2 Å². The molecule has 0 unspecified atom stereocenters. The van der Waals surface area contributed by atoms with Gasteiger partial charge in [-0.1, -0.05) is 42.5 Å². The molecule has 142 valence electrons. The second-order valence-electron chi connectivity index (χ2n) is 7.46. The summed E-state index contributed by atoms with van der Waals surface area (Å²) in [6.45, 7) is 2.35. The van der Waals surface area contributed by atoms with Crippen LogP contribution in [0.15, 0.2) is 54.6 Å². The van der Waals surface area contributed by atoms with Gasteiger partial charge in [0, 0.05) is 32.1 Å². The Morgan fingerprint density at radius 1 is 0.893 bits per heavy atom. The van der Waals surface area contributed by atoms with Crippen molar-refractivity contribution in [3.63, 3.8) is 0 Å². The van der Waals surface area contributed by atoms with Crippen LogP contribution in [-0.4, -0.2) is 52.8 Å². The fourth-order valence-corrected chi connectivity index (χ4v) is 4.93. The van der Waals surface area contributed by atoms with E-state index in [2.05, 4.69) is 17.1 Å². The number of carbonyl (C=O) groups excluding carboxylic acids is 2. The average Bonchev–Trinajstić information content (AvgIpc) is 3.44. The molecule has 0 radical (unpaired) electrons. The number of nitrogens with zero attached hydrogens (tertiary/aromatic N) is 3. The smallest absolute Gasteiger partial charge is 0.282 e. The van der Waals surface area contributed by atoms with Crippen molar-refractivity contribution in [3.8, 4) is 0 Å². The Kier molecular flexibility index (Phi) is 4.36. The molecular formula is C22H21N3O2S. The number of piperazine rings is 1. The normalized spacial score (nSPS) is 21.7. The van der Waals surface area contributed by atoms with Crippen LogP contribution < -0.4 is 0 Å². The van der Waals surface area contributed by atoms with E-state index in [9.17, 15) is 9.59 Å². The van der Waals surface area contributed by atoms with E-state index in [4.69, 9.17) is 0 Å². The molecule has 2 fully saturated rings. The summed E-state index contributed by atoms with van der Waals surface area (Å²) >= 11 is 1.44. The third kappa shape index (κ3) is 3.18. The number of benzene rings is 2. The third-order valence-electron chi connectivity index (χ3n) is 5.69. The van der Waals surface area contributed by atoms with Gasteiger partial charge in [-0.25, -0.2) is 4.98 Å². The number of amides is 2. The molecule has 1 saturated heterocycles. The van der Waals surface area contributed by atoms with Crippen molar-refractivity contribution in [2.75, 3.05) is 26.2 Å². The molecule has 1 aliphatic carbocycles. The zero-order valence-electron chi connectivity index (χ0n) is 15.5. The maximum Gasteiger partial charge on any atom is 0.282 e. The Bertz CT molecular complexity index is 991. The summed E-state index contributed by atoms with van der Waals surface area (Å²) in [5.41, 5.74) is 2.12. The first-order chi connectivity index (χ1) is 13.7. The highest BCUT2D eigenvalue weighted by molar-refractivity contribution is 7.20. The number of aromatic nitrogens is 1. The molecule has 5 rings (SSSR count). The Morgan fingerprint density at radius 2 is 1.57 bits per heavy atom. The summed E-state index contributed by atoms with van der Waals surface area (Å²) in [4.78, 5) is 33.8. The van der Waals surface area contributed by atoms with Gasteiger partial charge < -0.3 is 9.80 Å². The number of para-hydroxylation sites is 1. The molecule has 3 aromatic rings. The fourth-order valence-electron chi connectivity index (χ4n) is 4.00. The molecular weight excluding hydrogens is 370 g/mol. The SMILES string of the molecule is O=C(c1nc2ccccc2s1)N1CCN(C(=O)[C@H]2C[C@H]2c2ccccc2)CC1. The van der Waals surface area contributed by atoms with Crippen molar-refractivity contribution in [2.45, 2.75) is 12.3 Å². The summed E-state index contributed by atoms with van der Waals surface area (Å²) in [7, 11) is 0. The number of rotatable bonds is 3. The van der Waals surface area contributed by atoms with Crippen LogP contribution in [0.25, 0.3) is 10.2 Å².